The van der Waals surface area contributed by atoms with Crippen molar-refractivity contribution in [2.24, 2.45) is 0 Å². The number of benzene rings is 1. The van der Waals surface area contributed by atoms with Crippen LogP contribution in [0.15, 0.2) is 40.2 Å². The van der Waals surface area contributed by atoms with E-state index in [0.29, 0.717) is 17.7 Å². The van der Waals surface area contributed by atoms with Gasteiger partial charge in [-0.15, -0.1) is 11.8 Å². The molecule has 120 valence electrons. The molecule has 23 heavy (non-hydrogen) atoms. The summed E-state index contributed by atoms with van der Waals surface area (Å²) in [4.78, 5) is 24.2. The molecule has 2 aromatic rings. The fraction of sp³-hybridized carbons (Fsp3) is 0.294. The first-order valence-electron chi connectivity index (χ1n) is 7.22. The van der Waals surface area contributed by atoms with Gasteiger partial charge in [-0.2, -0.15) is 0 Å². The molecule has 0 radical (unpaired) electrons. The Balaban J connectivity index is 2.10. The fourth-order valence-electron chi connectivity index (χ4n) is 2.80. The molecule has 1 aromatic heterocycles. The molecule has 1 aliphatic rings. The topological polar surface area (TPSA) is 48.3 Å². The van der Waals surface area contributed by atoms with Crippen LogP contribution < -0.4 is 5.56 Å². The van der Waals surface area contributed by atoms with Crippen molar-refractivity contribution in [3.8, 4) is 0 Å². The van der Waals surface area contributed by atoms with Crippen molar-refractivity contribution in [3.63, 3.8) is 0 Å². The lowest BCUT2D eigenvalue weighted by atomic mass is 10.0. The van der Waals surface area contributed by atoms with Crippen LogP contribution in [0.1, 0.15) is 22.7 Å². The SMILES string of the molecule is COC(=O)C1CSc2c(Cc3ccccc3F)c(C)cc(=O)n21. The number of pyridine rings is 1. The molecule has 0 N–H and O–H groups in total. The van der Waals surface area contributed by atoms with E-state index in [0.717, 1.165) is 16.2 Å². The summed E-state index contributed by atoms with van der Waals surface area (Å²) >= 11 is 1.44. The van der Waals surface area contributed by atoms with E-state index < -0.39 is 12.0 Å². The molecule has 4 nitrogen and oxygen atoms in total. The number of ether oxygens (including phenoxy) is 1. The van der Waals surface area contributed by atoms with Gasteiger partial charge in [-0.1, -0.05) is 18.2 Å². The van der Waals surface area contributed by atoms with Crippen LogP contribution in [-0.4, -0.2) is 23.4 Å². The van der Waals surface area contributed by atoms with Gasteiger partial charge in [-0.25, -0.2) is 9.18 Å². The molecule has 0 fully saturated rings. The van der Waals surface area contributed by atoms with Gasteiger partial charge in [-0.05, 0) is 29.7 Å². The minimum atomic E-state index is -0.618. The highest BCUT2D eigenvalue weighted by Crippen LogP contribution is 2.37. The highest BCUT2D eigenvalue weighted by Gasteiger charge is 2.33. The van der Waals surface area contributed by atoms with Crippen LogP contribution in [0.3, 0.4) is 0 Å². The Hall–Kier alpha value is -2.08. The molecule has 0 saturated heterocycles. The standard InChI is InChI=1S/C17H16FNO3S/c1-10-7-15(20)19-14(17(21)22-2)9-23-16(19)12(10)8-11-5-3-4-6-13(11)18/h3-7,14H,8-9H2,1-2H3. The molecular formula is C17H16FNO3S. The molecule has 0 bridgehead atoms. The van der Waals surface area contributed by atoms with E-state index in [4.69, 9.17) is 4.74 Å². The van der Waals surface area contributed by atoms with Gasteiger partial charge in [0, 0.05) is 18.2 Å². The van der Waals surface area contributed by atoms with Crippen molar-refractivity contribution < 1.29 is 13.9 Å². The van der Waals surface area contributed by atoms with Crippen molar-refractivity contribution in [2.75, 3.05) is 12.9 Å². The summed E-state index contributed by atoms with van der Waals surface area (Å²) < 4.78 is 20.2. The van der Waals surface area contributed by atoms with Gasteiger partial charge >= 0.3 is 5.97 Å². The van der Waals surface area contributed by atoms with E-state index in [1.807, 2.05) is 6.92 Å². The number of methoxy groups -OCH3 is 1. The summed E-state index contributed by atoms with van der Waals surface area (Å²) in [6.45, 7) is 1.84. The summed E-state index contributed by atoms with van der Waals surface area (Å²) in [6.07, 6.45) is 0.384. The Morgan fingerprint density at radius 3 is 2.87 bits per heavy atom. The molecule has 6 heteroatoms. The zero-order chi connectivity index (χ0) is 16.6. The average molecular weight is 333 g/mol. The molecule has 0 saturated carbocycles. The van der Waals surface area contributed by atoms with E-state index >= 15 is 0 Å². The summed E-state index contributed by atoms with van der Waals surface area (Å²) in [6, 6.07) is 7.47. The second-order valence-electron chi connectivity index (χ2n) is 5.44. The third-order valence-corrected chi connectivity index (χ3v) is 5.22. The smallest absolute Gasteiger partial charge is 0.329 e. The Morgan fingerprint density at radius 2 is 2.17 bits per heavy atom. The molecule has 1 aliphatic heterocycles. The molecule has 3 rings (SSSR count). The summed E-state index contributed by atoms with van der Waals surface area (Å²) in [5.41, 5.74) is 2.03. The molecule has 2 heterocycles. The van der Waals surface area contributed by atoms with Gasteiger partial charge in [-0.3, -0.25) is 9.36 Å². The Kier molecular flexibility index (Phi) is 4.26. The maximum atomic E-state index is 13.9. The third kappa shape index (κ3) is 2.79. The quantitative estimate of drug-likeness (QED) is 0.811. The second kappa shape index (κ2) is 6.20. The maximum absolute atomic E-state index is 13.9. The summed E-state index contributed by atoms with van der Waals surface area (Å²) in [7, 11) is 1.31. The number of halogens is 1. The van der Waals surface area contributed by atoms with Crippen molar-refractivity contribution in [2.45, 2.75) is 24.4 Å². The first-order chi connectivity index (χ1) is 11.0. The van der Waals surface area contributed by atoms with E-state index in [9.17, 15) is 14.0 Å². The Bertz CT molecular complexity index is 831. The summed E-state index contributed by atoms with van der Waals surface area (Å²) in [5, 5.41) is 0.730. The van der Waals surface area contributed by atoms with E-state index in [2.05, 4.69) is 0 Å². The van der Waals surface area contributed by atoms with Gasteiger partial charge in [0.2, 0.25) is 0 Å². The fourth-order valence-corrected chi connectivity index (χ4v) is 4.16. The van der Waals surface area contributed by atoms with Crippen LogP contribution >= 0.6 is 11.8 Å². The third-order valence-electron chi connectivity index (χ3n) is 4.02. The lowest BCUT2D eigenvalue weighted by molar-refractivity contribution is -0.143. The van der Waals surface area contributed by atoms with Gasteiger partial charge in [0.05, 0.1) is 12.1 Å². The highest BCUT2D eigenvalue weighted by atomic mass is 32.2. The number of esters is 1. The zero-order valence-electron chi connectivity index (χ0n) is 12.8. The molecule has 1 atom stereocenters. The number of thioether (sulfide) groups is 1. The number of aromatic nitrogens is 1. The normalized spacial score (nSPS) is 16.2. The number of hydrogen-bond donors (Lipinski definition) is 0. The van der Waals surface area contributed by atoms with Gasteiger partial charge in [0.25, 0.3) is 5.56 Å². The predicted molar refractivity (Wildman–Crippen MR) is 86.4 cm³/mol. The molecule has 1 aromatic carbocycles. The number of carbonyl (C=O) groups is 1. The lowest BCUT2D eigenvalue weighted by Gasteiger charge is -2.15. The van der Waals surface area contributed by atoms with Gasteiger partial charge in [0.15, 0.2) is 0 Å². The van der Waals surface area contributed by atoms with E-state index in [1.165, 1.54) is 35.6 Å². The Morgan fingerprint density at radius 1 is 1.43 bits per heavy atom. The van der Waals surface area contributed by atoms with E-state index in [1.54, 1.807) is 18.2 Å². The first-order valence-corrected chi connectivity index (χ1v) is 8.20. The number of rotatable bonds is 3. The van der Waals surface area contributed by atoms with Crippen LogP contribution in [0.2, 0.25) is 0 Å². The monoisotopic (exact) mass is 333 g/mol. The second-order valence-corrected chi connectivity index (χ2v) is 6.45. The van der Waals surface area contributed by atoms with Crippen LogP contribution in [0.5, 0.6) is 0 Å². The minimum absolute atomic E-state index is 0.227. The molecule has 0 aliphatic carbocycles. The molecule has 1 unspecified atom stereocenters. The largest absolute Gasteiger partial charge is 0.467 e. The van der Waals surface area contributed by atoms with Crippen LogP contribution in [0.4, 0.5) is 4.39 Å². The number of nitrogens with zero attached hydrogens (tertiary/aromatic N) is 1. The molecule has 0 amide bonds. The summed E-state index contributed by atoms with van der Waals surface area (Å²) in [5.74, 6) is -0.251. The molecular weight excluding hydrogens is 317 g/mol. The minimum Gasteiger partial charge on any atom is -0.467 e. The highest BCUT2D eigenvalue weighted by molar-refractivity contribution is 7.99. The first kappa shape index (κ1) is 15.8. The predicted octanol–water partition coefficient (Wildman–Crippen LogP) is 2.71. The van der Waals surface area contributed by atoms with Crippen molar-refractivity contribution in [3.05, 3.63) is 63.2 Å². The van der Waals surface area contributed by atoms with Crippen molar-refractivity contribution in [1.29, 1.82) is 0 Å². The lowest BCUT2D eigenvalue weighted by Crippen LogP contribution is -2.30. The number of aryl methyl sites for hydroxylation is 1. The number of fused-ring (bicyclic) bond motifs is 1. The zero-order valence-corrected chi connectivity index (χ0v) is 13.7. The van der Waals surface area contributed by atoms with E-state index in [-0.39, 0.29) is 11.4 Å². The average Bonchev–Trinajstić information content (AvgIpc) is 2.97. The number of hydrogen-bond acceptors (Lipinski definition) is 4. The Labute approximate surface area is 137 Å². The van der Waals surface area contributed by atoms with Gasteiger partial charge in [0.1, 0.15) is 11.9 Å². The van der Waals surface area contributed by atoms with Gasteiger partial charge < -0.3 is 4.74 Å². The van der Waals surface area contributed by atoms with Crippen LogP contribution in [-0.2, 0) is 16.0 Å². The maximum Gasteiger partial charge on any atom is 0.329 e. The van der Waals surface area contributed by atoms with Crippen LogP contribution in [0.25, 0.3) is 0 Å². The number of carbonyl (C=O) groups excluding carboxylic acids is 1. The van der Waals surface area contributed by atoms with Crippen molar-refractivity contribution >= 4 is 17.7 Å². The van der Waals surface area contributed by atoms with Crippen LogP contribution in [0, 0.1) is 12.7 Å². The molecule has 0 spiro atoms. The van der Waals surface area contributed by atoms with Crippen molar-refractivity contribution in [1.82, 2.24) is 4.57 Å².